The van der Waals surface area contributed by atoms with Gasteiger partial charge in [0.05, 0.1) is 5.56 Å². The van der Waals surface area contributed by atoms with Crippen LogP contribution in [0.2, 0.25) is 0 Å². The summed E-state index contributed by atoms with van der Waals surface area (Å²) in [6.45, 7) is 0. The van der Waals surface area contributed by atoms with Crippen LogP contribution < -0.4 is 0 Å². The zero-order valence-electron chi connectivity index (χ0n) is 6.87. The lowest BCUT2D eigenvalue weighted by atomic mass is 10.1. The van der Waals surface area contributed by atoms with E-state index in [2.05, 4.69) is 0 Å². The fourth-order valence-corrected chi connectivity index (χ4v) is 2.07. The second-order valence-corrected chi connectivity index (χ2v) is 3.90. The first-order valence-electron chi connectivity index (χ1n) is 3.81. The molecule has 0 aliphatic rings. The van der Waals surface area contributed by atoms with E-state index in [4.69, 9.17) is 5.11 Å². The summed E-state index contributed by atoms with van der Waals surface area (Å²) in [4.78, 5) is 0. The van der Waals surface area contributed by atoms with Crippen molar-refractivity contribution in [2.45, 2.75) is 6.43 Å². The van der Waals surface area contributed by atoms with Crippen LogP contribution in [-0.4, -0.2) is 10.2 Å². The Kier molecular flexibility index (Phi) is 2.03. The molecule has 0 amide bonds. The first-order chi connectivity index (χ1) is 6.58. The van der Waals surface area contributed by atoms with Crippen LogP contribution in [0.5, 0.6) is 10.8 Å². The number of benzene rings is 1. The van der Waals surface area contributed by atoms with Gasteiger partial charge in [0.1, 0.15) is 5.75 Å². The second-order valence-electron chi connectivity index (χ2n) is 2.83. The predicted molar refractivity (Wildman–Crippen MR) is 50.1 cm³/mol. The molecule has 0 fully saturated rings. The van der Waals surface area contributed by atoms with E-state index in [1.807, 2.05) is 0 Å². The minimum absolute atomic E-state index is 0.0471. The smallest absolute Gasteiger partial charge is 0.267 e. The van der Waals surface area contributed by atoms with Crippen LogP contribution in [-0.2, 0) is 0 Å². The molecule has 0 unspecified atom stereocenters. The minimum Gasteiger partial charge on any atom is -0.507 e. The van der Waals surface area contributed by atoms with E-state index in [1.165, 1.54) is 18.2 Å². The fraction of sp³-hybridized carbons (Fsp3) is 0.111. The van der Waals surface area contributed by atoms with Crippen LogP contribution in [0, 0.1) is 0 Å². The van der Waals surface area contributed by atoms with E-state index in [0.717, 1.165) is 11.3 Å². The lowest BCUT2D eigenvalue weighted by molar-refractivity contribution is 0.147. The summed E-state index contributed by atoms with van der Waals surface area (Å²) in [7, 11) is 0. The third-order valence-electron chi connectivity index (χ3n) is 1.89. The maximum Gasteiger partial charge on any atom is 0.267 e. The molecular formula is C9H6F2O2S. The molecule has 5 heteroatoms. The molecule has 2 N–H and O–H groups in total. The third kappa shape index (κ3) is 1.39. The normalized spacial score (nSPS) is 11.4. The van der Waals surface area contributed by atoms with E-state index in [-0.39, 0.29) is 5.06 Å². The number of phenolic OH excluding ortho intramolecular Hbond substituents is 1. The molecule has 14 heavy (non-hydrogen) atoms. The molecule has 0 radical (unpaired) electrons. The molecule has 0 aliphatic carbocycles. The molecule has 0 atom stereocenters. The number of hydrogen-bond donors (Lipinski definition) is 2. The number of phenols is 1. The van der Waals surface area contributed by atoms with Crippen molar-refractivity contribution < 1.29 is 19.0 Å². The first-order valence-corrected chi connectivity index (χ1v) is 4.63. The van der Waals surface area contributed by atoms with E-state index in [9.17, 15) is 13.9 Å². The van der Waals surface area contributed by atoms with Crippen LogP contribution in [0.3, 0.4) is 0 Å². The SMILES string of the molecule is Oc1cc2cc(C(F)F)c(O)cc2s1. The van der Waals surface area contributed by atoms with Gasteiger partial charge in [-0.25, -0.2) is 8.78 Å². The van der Waals surface area contributed by atoms with Gasteiger partial charge in [0.2, 0.25) is 0 Å². The predicted octanol–water partition coefficient (Wildman–Crippen LogP) is 3.25. The van der Waals surface area contributed by atoms with Crippen molar-refractivity contribution in [1.29, 1.82) is 0 Å². The molecule has 2 rings (SSSR count). The molecule has 2 aromatic rings. The zero-order valence-corrected chi connectivity index (χ0v) is 7.68. The molecule has 0 saturated carbocycles. The second kappa shape index (κ2) is 3.09. The largest absolute Gasteiger partial charge is 0.507 e. The van der Waals surface area contributed by atoms with Crippen LogP contribution in [0.4, 0.5) is 8.78 Å². The van der Waals surface area contributed by atoms with Gasteiger partial charge < -0.3 is 10.2 Å². The summed E-state index contributed by atoms with van der Waals surface area (Å²) in [5.74, 6) is -0.436. The van der Waals surface area contributed by atoms with Gasteiger partial charge in [-0.05, 0) is 23.6 Å². The number of halogens is 2. The lowest BCUT2D eigenvalue weighted by Crippen LogP contribution is -1.83. The number of rotatable bonds is 1. The number of alkyl halides is 2. The third-order valence-corrected chi connectivity index (χ3v) is 2.79. The van der Waals surface area contributed by atoms with Crippen LogP contribution in [0.1, 0.15) is 12.0 Å². The van der Waals surface area contributed by atoms with Crippen molar-refractivity contribution in [3.63, 3.8) is 0 Å². The fourth-order valence-electron chi connectivity index (χ4n) is 1.25. The van der Waals surface area contributed by atoms with Crippen molar-refractivity contribution in [2.75, 3.05) is 0 Å². The van der Waals surface area contributed by atoms with Crippen LogP contribution in [0.25, 0.3) is 10.1 Å². The quantitative estimate of drug-likeness (QED) is 0.768. The zero-order chi connectivity index (χ0) is 10.3. The number of thiophene rings is 1. The lowest BCUT2D eigenvalue weighted by Gasteiger charge is -2.02. The summed E-state index contributed by atoms with van der Waals surface area (Å²) in [6.07, 6.45) is -2.71. The average molecular weight is 216 g/mol. The van der Waals surface area contributed by atoms with Gasteiger partial charge in [-0.2, -0.15) is 0 Å². The van der Waals surface area contributed by atoms with Crippen molar-refractivity contribution in [3.8, 4) is 10.8 Å². The molecule has 0 saturated heterocycles. The molecule has 0 bridgehead atoms. The molecule has 0 spiro atoms. The molecule has 0 aliphatic heterocycles. The Bertz CT molecular complexity index is 479. The van der Waals surface area contributed by atoms with Gasteiger partial charge in [0.25, 0.3) is 6.43 Å². The van der Waals surface area contributed by atoms with Gasteiger partial charge in [-0.15, -0.1) is 0 Å². The molecular weight excluding hydrogens is 210 g/mol. The maximum atomic E-state index is 12.3. The Morgan fingerprint density at radius 2 is 1.86 bits per heavy atom. The number of aromatic hydroxyl groups is 2. The number of fused-ring (bicyclic) bond motifs is 1. The Labute approximate surface area is 82.0 Å². The van der Waals surface area contributed by atoms with Crippen molar-refractivity contribution in [1.82, 2.24) is 0 Å². The Morgan fingerprint density at radius 1 is 1.14 bits per heavy atom. The highest BCUT2D eigenvalue weighted by atomic mass is 32.1. The maximum absolute atomic E-state index is 12.3. The molecule has 1 aromatic carbocycles. The monoisotopic (exact) mass is 216 g/mol. The highest BCUT2D eigenvalue weighted by molar-refractivity contribution is 7.20. The summed E-state index contributed by atoms with van der Waals surface area (Å²) in [5, 5.41) is 18.9. The van der Waals surface area contributed by atoms with Crippen LogP contribution in [0.15, 0.2) is 18.2 Å². The van der Waals surface area contributed by atoms with Crippen molar-refractivity contribution in [2.24, 2.45) is 0 Å². The summed E-state index contributed by atoms with van der Waals surface area (Å²) < 4.78 is 25.3. The molecule has 2 nitrogen and oxygen atoms in total. The van der Waals surface area contributed by atoms with Gasteiger partial charge in [0, 0.05) is 4.70 Å². The standard InChI is InChI=1S/C9H6F2O2S/c10-9(11)5-1-4-2-8(13)14-7(4)3-6(5)12/h1-3,9,12-13H. The van der Waals surface area contributed by atoms with Gasteiger partial charge in [-0.1, -0.05) is 11.3 Å². The summed E-state index contributed by atoms with van der Waals surface area (Å²) >= 11 is 1.04. The van der Waals surface area contributed by atoms with Gasteiger partial charge in [0.15, 0.2) is 5.06 Å². The van der Waals surface area contributed by atoms with E-state index < -0.39 is 17.7 Å². The van der Waals surface area contributed by atoms with Gasteiger partial charge >= 0.3 is 0 Å². The highest BCUT2D eigenvalue weighted by Gasteiger charge is 2.14. The minimum atomic E-state index is -2.71. The first kappa shape index (κ1) is 9.21. The Morgan fingerprint density at radius 3 is 2.50 bits per heavy atom. The van der Waals surface area contributed by atoms with E-state index in [1.54, 1.807) is 0 Å². The Balaban J connectivity index is 2.70. The summed E-state index contributed by atoms with van der Waals surface area (Å²) in [5.41, 5.74) is -0.407. The summed E-state index contributed by atoms with van der Waals surface area (Å²) in [6, 6.07) is 3.82. The van der Waals surface area contributed by atoms with Gasteiger partial charge in [-0.3, -0.25) is 0 Å². The number of hydrogen-bond acceptors (Lipinski definition) is 3. The average Bonchev–Trinajstić information content (AvgIpc) is 2.42. The van der Waals surface area contributed by atoms with E-state index in [0.29, 0.717) is 10.1 Å². The Hall–Kier alpha value is -1.36. The van der Waals surface area contributed by atoms with Crippen molar-refractivity contribution in [3.05, 3.63) is 23.8 Å². The topological polar surface area (TPSA) is 40.5 Å². The molecule has 74 valence electrons. The molecule has 1 aromatic heterocycles. The van der Waals surface area contributed by atoms with Crippen LogP contribution >= 0.6 is 11.3 Å². The highest BCUT2D eigenvalue weighted by Crippen LogP contribution is 2.37. The van der Waals surface area contributed by atoms with Crippen molar-refractivity contribution >= 4 is 21.4 Å². The van der Waals surface area contributed by atoms with E-state index >= 15 is 0 Å². The molecule has 1 heterocycles.